The Balaban J connectivity index is 2.07. The highest BCUT2D eigenvalue weighted by atomic mass is 32.1. The minimum absolute atomic E-state index is 0.0441. The molecule has 1 heterocycles. The van der Waals surface area contributed by atoms with E-state index in [1.54, 1.807) is 17.4 Å². The lowest BCUT2D eigenvalue weighted by molar-refractivity contribution is 0.0715. The summed E-state index contributed by atoms with van der Waals surface area (Å²) in [5.74, 6) is 0.871. The molecule has 0 unspecified atom stereocenters. The molecule has 3 nitrogen and oxygen atoms in total. The topological polar surface area (TPSA) is 37.4 Å². The van der Waals surface area contributed by atoms with Crippen LogP contribution in [-0.2, 0) is 0 Å². The zero-order valence-corrected chi connectivity index (χ0v) is 17.5. The summed E-state index contributed by atoms with van der Waals surface area (Å²) in [5, 5.41) is 1.45. The van der Waals surface area contributed by atoms with Crippen molar-refractivity contribution in [1.82, 2.24) is 4.90 Å². The molecule has 1 amide bonds. The normalized spacial score (nSPS) is 11.7. The maximum Gasteiger partial charge on any atom is 0.253 e. The van der Waals surface area contributed by atoms with Crippen molar-refractivity contribution in [2.24, 2.45) is 11.8 Å². The van der Waals surface area contributed by atoms with Crippen LogP contribution in [0.5, 0.6) is 0 Å². The number of fused-ring (bicyclic) bond motifs is 2. The maximum absolute atomic E-state index is 13.1. The van der Waals surface area contributed by atoms with Crippen molar-refractivity contribution in [2.45, 2.75) is 34.6 Å². The summed E-state index contributed by atoms with van der Waals surface area (Å²) in [7, 11) is 0. The first-order valence-electron chi connectivity index (χ1n) is 9.52. The molecule has 2 aromatic carbocycles. The molecule has 142 valence electrons. The van der Waals surface area contributed by atoms with Gasteiger partial charge in [-0.1, -0.05) is 39.3 Å². The second-order valence-corrected chi connectivity index (χ2v) is 9.22. The first-order chi connectivity index (χ1) is 12.8. The van der Waals surface area contributed by atoms with Gasteiger partial charge in [0.05, 0.1) is 0 Å². The molecule has 0 aliphatic rings. The van der Waals surface area contributed by atoms with Crippen molar-refractivity contribution in [2.75, 3.05) is 13.1 Å². The first-order valence-corrected chi connectivity index (χ1v) is 10.3. The molecule has 0 spiro atoms. The third-order valence-corrected chi connectivity index (χ3v) is 5.66. The van der Waals surface area contributed by atoms with Crippen LogP contribution in [0.2, 0.25) is 0 Å². The van der Waals surface area contributed by atoms with E-state index in [2.05, 4.69) is 27.7 Å². The van der Waals surface area contributed by atoms with Gasteiger partial charge in [-0.2, -0.15) is 0 Å². The summed E-state index contributed by atoms with van der Waals surface area (Å²) >= 11 is 1.57. The standard InChI is InChI=1S/C23H27NO2S/c1-14(2)12-24(13-15(3)4)23(26)17-7-8-18-21(11-17)27-20-9-6-16(5)10-19(20)22(18)25/h6-11,14-15H,12-13H2,1-5H3. The number of hydrogen-bond acceptors (Lipinski definition) is 3. The molecular formula is C23H27NO2S. The molecule has 0 aliphatic carbocycles. The van der Waals surface area contributed by atoms with E-state index >= 15 is 0 Å². The smallest absolute Gasteiger partial charge is 0.253 e. The van der Waals surface area contributed by atoms with Gasteiger partial charge in [0.25, 0.3) is 5.91 Å². The van der Waals surface area contributed by atoms with Crippen LogP contribution in [-0.4, -0.2) is 23.9 Å². The third kappa shape index (κ3) is 4.22. The molecule has 0 bridgehead atoms. The maximum atomic E-state index is 13.1. The van der Waals surface area contributed by atoms with Crippen LogP contribution in [0.3, 0.4) is 0 Å². The molecule has 3 aromatic rings. The van der Waals surface area contributed by atoms with Crippen molar-refractivity contribution in [3.8, 4) is 0 Å². The largest absolute Gasteiger partial charge is 0.338 e. The van der Waals surface area contributed by atoms with Crippen molar-refractivity contribution < 1.29 is 4.79 Å². The molecule has 0 saturated carbocycles. The van der Waals surface area contributed by atoms with Crippen molar-refractivity contribution >= 4 is 37.4 Å². The Labute approximate surface area is 164 Å². The second kappa shape index (κ2) is 7.81. The Morgan fingerprint density at radius 1 is 0.926 bits per heavy atom. The fourth-order valence-electron chi connectivity index (χ4n) is 3.41. The van der Waals surface area contributed by atoms with Gasteiger partial charge in [0.1, 0.15) is 0 Å². The summed E-state index contributed by atoms with van der Waals surface area (Å²) in [6, 6.07) is 11.5. The van der Waals surface area contributed by atoms with Gasteiger partial charge in [0.2, 0.25) is 0 Å². The van der Waals surface area contributed by atoms with E-state index in [-0.39, 0.29) is 11.3 Å². The SMILES string of the molecule is Cc1ccc2sc3cc(C(=O)N(CC(C)C)CC(C)C)ccc3c(=O)c2c1. The van der Waals surface area contributed by atoms with E-state index in [9.17, 15) is 9.59 Å². The molecule has 0 radical (unpaired) electrons. The number of benzene rings is 2. The van der Waals surface area contributed by atoms with Gasteiger partial charge in [-0.25, -0.2) is 0 Å². The second-order valence-electron chi connectivity index (χ2n) is 8.14. The summed E-state index contributed by atoms with van der Waals surface area (Å²) < 4.78 is 1.83. The number of amides is 1. The van der Waals surface area contributed by atoms with E-state index < -0.39 is 0 Å². The Hall–Kier alpha value is -2.20. The predicted octanol–water partition coefficient (Wildman–Crippen LogP) is 5.48. The van der Waals surface area contributed by atoms with Crippen LogP contribution in [0.15, 0.2) is 41.2 Å². The molecule has 0 aliphatic heterocycles. The van der Waals surface area contributed by atoms with Gasteiger partial charge >= 0.3 is 0 Å². The summed E-state index contributed by atoms with van der Waals surface area (Å²) in [4.78, 5) is 27.9. The summed E-state index contributed by atoms with van der Waals surface area (Å²) in [6.07, 6.45) is 0. The van der Waals surface area contributed by atoms with E-state index in [0.29, 0.717) is 22.8 Å². The zero-order valence-electron chi connectivity index (χ0n) is 16.7. The monoisotopic (exact) mass is 381 g/mol. The molecular weight excluding hydrogens is 354 g/mol. The van der Waals surface area contributed by atoms with Crippen molar-refractivity contribution in [1.29, 1.82) is 0 Å². The number of carbonyl (C=O) groups is 1. The number of rotatable bonds is 5. The first kappa shape index (κ1) is 19.6. The Bertz CT molecular complexity index is 1040. The van der Waals surface area contributed by atoms with Crippen LogP contribution in [0.4, 0.5) is 0 Å². The van der Waals surface area contributed by atoms with Crippen molar-refractivity contribution in [3.05, 3.63) is 57.7 Å². The Morgan fingerprint density at radius 3 is 2.22 bits per heavy atom. The van der Waals surface area contributed by atoms with Crippen LogP contribution in [0.25, 0.3) is 20.2 Å². The fraction of sp³-hybridized carbons (Fsp3) is 0.391. The molecule has 3 rings (SSSR count). The molecule has 0 atom stereocenters. The van der Waals surface area contributed by atoms with Gasteiger partial charge in [0, 0.05) is 38.8 Å². The lowest BCUT2D eigenvalue weighted by Crippen LogP contribution is -2.37. The average Bonchev–Trinajstić information content (AvgIpc) is 2.60. The lowest BCUT2D eigenvalue weighted by Gasteiger charge is -2.26. The zero-order chi connectivity index (χ0) is 19.7. The molecule has 0 N–H and O–H groups in total. The summed E-state index contributed by atoms with van der Waals surface area (Å²) in [6.45, 7) is 12.0. The van der Waals surface area contributed by atoms with Gasteiger partial charge < -0.3 is 4.90 Å². The van der Waals surface area contributed by atoms with Gasteiger partial charge in [-0.05, 0) is 49.1 Å². The van der Waals surface area contributed by atoms with E-state index in [1.165, 1.54) is 0 Å². The Morgan fingerprint density at radius 2 is 1.59 bits per heavy atom. The van der Waals surface area contributed by atoms with Crippen LogP contribution >= 0.6 is 11.3 Å². The molecule has 4 heteroatoms. The summed E-state index contributed by atoms with van der Waals surface area (Å²) in [5.41, 5.74) is 1.78. The molecule has 27 heavy (non-hydrogen) atoms. The van der Waals surface area contributed by atoms with E-state index in [0.717, 1.165) is 33.4 Å². The number of carbonyl (C=O) groups excluding carboxylic acids is 1. The fourth-order valence-corrected chi connectivity index (χ4v) is 4.50. The van der Waals surface area contributed by atoms with Crippen LogP contribution in [0, 0.1) is 18.8 Å². The molecule has 1 aromatic heterocycles. The number of hydrogen-bond donors (Lipinski definition) is 0. The molecule has 0 saturated heterocycles. The quantitative estimate of drug-likeness (QED) is 0.549. The highest BCUT2D eigenvalue weighted by Gasteiger charge is 2.19. The van der Waals surface area contributed by atoms with E-state index in [4.69, 9.17) is 0 Å². The van der Waals surface area contributed by atoms with Crippen LogP contribution < -0.4 is 5.43 Å². The van der Waals surface area contributed by atoms with Gasteiger partial charge in [0.15, 0.2) is 5.43 Å². The van der Waals surface area contributed by atoms with Gasteiger partial charge in [-0.15, -0.1) is 11.3 Å². The number of aryl methyl sites for hydroxylation is 1. The lowest BCUT2D eigenvalue weighted by atomic mass is 10.1. The minimum Gasteiger partial charge on any atom is -0.338 e. The molecule has 0 fully saturated rings. The van der Waals surface area contributed by atoms with Crippen LogP contribution in [0.1, 0.15) is 43.6 Å². The average molecular weight is 382 g/mol. The van der Waals surface area contributed by atoms with E-state index in [1.807, 2.05) is 42.2 Å². The Kier molecular flexibility index (Phi) is 5.66. The minimum atomic E-state index is 0.0441. The highest BCUT2D eigenvalue weighted by Crippen LogP contribution is 2.26. The van der Waals surface area contributed by atoms with Crippen molar-refractivity contribution in [3.63, 3.8) is 0 Å². The van der Waals surface area contributed by atoms with Gasteiger partial charge in [-0.3, -0.25) is 9.59 Å². The highest BCUT2D eigenvalue weighted by molar-refractivity contribution is 7.24. The number of nitrogens with zero attached hydrogens (tertiary/aromatic N) is 1. The third-order valence-electron chi connectivity index (χ3n) is 4.53. The predicted molar refractivity (Wildman–Crippen MR) is 116 cm³/mol.